The lowest BCUT2D eigenvalue weighted by Crippen LogP contribution is -2.12. The molecule has 0 aliphatic heterocycles. The van der Waals surface area contributed by atoms with Crippen LogP contribution in [0, 0.1) is 20.4 Å². The number of rotatable bonds is 0. The molecule has 0 saturated heterocycles. The molecule has 0 amide bonds. The van der Waals surface area contributed by atoms with Gasteiger partial charge < -0.3 is 0 Å². The van der Waals surface area contributed by atoms with Crippen LogP contribution in [0.2, 0.25) is 0 Å². The van der Waals surface area contributed by atoms with Gasteiger partial charge in [0.25, 0.3) is 0 Å². The fraction of sp³-hybridized carbons (Fsp3) is 0.500. The van der Waals surface area contributed by atoms with E-state index >= 15 is 0 Å². The Hall–Kier alpha value is -1.43. The second-order valence-electron chi connectivity index (χ2n) is 4.29. The Morgan fingerprint density at radius 3 is 2.67 bits per heavy atom. The number of aromatic nitrogens is 1. The van der Waals surface area contributed by atoms with E-state index in [1.54, 1.807) is 6.92 Å². The smallest absolute Gasteiger partial charge is 0.211 e. The molecule has 0 spiro atoms. The molecule has 78 valence electrons. The van der Waals surface area contributed by atoms with Crippen LogP contribution in [0.3, 0.4) is 0 Å². The van der Waals surface area contributed by atoms with Crippen molar-refractivity contribution in [3.63, 3.8) is 0 Å². The van der Waals surface area contributed by atoms with Gasteiger partial charge in [-0.05, 0) is 39.2 Å². The summed E-state index contributed by atoms with van der Waals surface area (Å²) < 4.78 is 14.2. The molecular weight excluding hydrogens is 191 g/mol. The van der Waals surface area contributed by atoms with Crippen LogP contribution in [0.25, 0.3) is 4.85 Å². The van der Waals surface area contributed by atoms with Crippen LogP contribution < -0.4 is 0 Å². The number of pyridine rings is 1. The number of halogens is 1. The van der Waals surface area contributed by atoms with E-state index in [9.17, 15) is 4.39 Å². The lowest BCUT2D eigenvalue weighted by atomic mass is 9.98. The third-order valence-electron chi connectivity index (χ3n) is 3.11. The molecule has 0 bridgehead atoms. The number of hydrogen-bond donors (Lipinski definition) is 0. The number of alkyl halides is 1. The molecule has 0 aromatic carbocycles. The highest BCUT2D eigenvalue weighted by Crippen LogP contribution is 2.45. The molecule has 1 heterocycles. The van der Waals surface area contributed by atoms with Gasteiger partial charge in [0.15, 0.2) is 0 Å². The van der Waals surface area contributed by atoms with Crippen LogP contribution in [0.4, 0.5) is 10.1 Å². The molecule has 1 aliphatic rings. The summed E-state index contributed by atoms with van der Waals surface area (Å²) in [5.41, 5.74) is 2.23. The van der Waals surface area contributed by atoms with E-state index in [2.05, 4.69) is 9.83 Å². The quantitative estimate of drug-likeness (QED) is 0.592. The van der Waals surface area contributed by atoms with E-state index in [1.807, 2.05) is 13.8 Å². The van der Waals surface area contributed by atoms with Crippen molar-refractivity contribution in [2.45, 2.75) is 39.3 Å². The molecule has 2 nitrogen and oxygen atoms in total. The van der Waals surface area contributed by atoms with Gasteiger partial charge in [-0.2, -0.15) is 0 Å². The maximum atomic E-state index is 14.2. The van der Waals surface area contributed by atoms with Crippen molar-refractivity contribution in [1.82, 2.24) is 4.98 Å². The first-order valence-electron chi connectivity index (χ1n) is 5.04. The maximum Gasteiger partial charge on any atom is 0.211 e. The van der Waals surface area contributed by atoms with E-state index in [1.165, 1.54) is 0 Å². The Morgan fingerprint density at radius 1 is 1.40 bits per heavy atom. The summed E-state index contributed by atoms with van der Waals surface area (Å²) in [4.78, 5) is 7.73. The highest BCUT2D eigenvalue weighted by atomic mass is 19.1. The SMILES string of the molecule is [C-]#[N+]c1c(C)nc(C)c2c1CCC2(C)F. The number of fused-ring (bicyclic) bond motifs is 1. The Bertz CT molecular complexity index is 469. The average molecular weight is 204 g/mol. The van der Waals surface area contributed by atoms with Gasteiger partial charge in [0.1, 0.15) is 5.67 Å². The first-order chi connectivity index (χ1) is 6.97. The summed E-state index contributed by atoms with van der Waals surface area (Å²) in [6, 6.07) is 0. The molecule has 15 heavy (non-hydrogen) atoms. The van der Waals surface area contributed by atoms with Gasteiger partial charge in [0, 0.05) is 17.0 Å². The Kier molecular flexibility index (Phi) is 2.04. The van der Waals surface area contributed by atoms with Crippen molar-refractivity contribution in [2.24, 2.45) is 0 Å². The number of nitrogens with zero attached hydrogens (tertiary/aromatic N) is 2. The van der Waals surface area contributed by atoms with E-state index < -0.39 is 5.67 Å². The molecular formula is C12H13FN2. The van der Waals surface area contributed by atoms with Gasteiger partial charge in [0.2, 0.25) is 5.69 Å². The molecule has 1 unspecified atom stereocenters. The Balaban J connectivity index is 2.79. The predicted molar refractivity (Wildman–Crippen MR) is 56.8 cm³/mol. The minimum atomic E-state index is -1.31. The zero-order valence-corrected chi connectivity index (χ0v) is 9.19. The third kappa shape index (κ3) is 1.32. The van der Waals surface area contributed by atoms with Crippen molar-refractivity contribution >= 4 is 5.69 Å². The molecule has 1 aliphatic carbocycles. The average Bonchev–Trinajstić information content (AvgIpc) is 2.43. The standard InChI is InChI=1S/C12H13FN2/c1-7-10-9(5-6-12(10,3)13)11(14-4)8(2)15-7/h5-6H2,1-3H3. The minimum absolute atomic E-state index is 0.469. The van der Waals surface area contributed by atoms with Crippen molar-refractivity contribution in [1.29, 1.82) is 0 Å². The first-order valence-corrected chi connectivity index (χ1v) is 5.04. The second-order valence-corrected chi connectivity index (χ2v) is 4.29. The van der Waals surface area contributed by atoms with Gasteiger partial charge in [-0.15, -0.1) is 0 Å². The predicted octanol–water partition coefficient (Wildman–Crippen LogP) is 3.38. The summed E-state index contributed by atoms with van der Waals surface area (Å²) in [6.45, 7) is 12.3. The van der Waals surface area contributed by atoms with Crippen LogP contribution in [-0.2, 0) is 12.1 Å². The van der Waals surface area contributed by atoms with Gasteiger partial charge in [-0.25, -0.2) is 9.24 Å². The summed E-state index contributed by atoms with van der Waals surface area (Å²) in [7, 11) is 0. The normalized spacial score (nSPS) is 23.7. The van der Waals surface area contributed by atoms with Gasteiger partial charge in [0.05, 0.1) is 6.57 Å². The van der Waals surface area contributed by atoms with Gasteiger partial charge in [-0.1, -0.05) is 0 Å². The van der Waals surface area contributed by atoms with Gasteiger partial charge >= 0.3 is 0 Å². The van der Waals surface area contributed by atoms with E-state index in [0.29, 0.717) is 24.1 Å². The molecule has 0 N–H and O–H groups in total. The van der Waals surface area contributed by atoms with E-state index in [4.69, 9.17) is 6.57 Å². The molecule has 0 radical (unpaired) electrons. The lowest BCUT2D eigenvalue weighted by molar-refractivity contribution is 0.193. The first kappa shape index (κ1) is 10.1. The van der Waals surface area contributed by atoms with Crippen LogP contribution >= 0.6 is 0 Å². The van der Waals surface area contributed by atoms with Crippen LogP contribution in [0.15, 0.2) is 0 Å². The molecule has 0 saturated carbocycles. The summed E-state index contributed by atoms with van der Waals surface area (Å²) >= 11 is 0. The molecule has 1 atom stereocenters. The van der Waals surface area contributed by atoms with Crippen molar-refractivity contribution in [3.8, 4) is 0 Å². The Labute approximate surface area is 89.0 Å². The minimum Gasteiger partial charge on any atom is -0.270 e. The van der Waals surface area contributed by atoms with E-state index in [0.717, 1.165) is 17.0 Å². The highest BCUT2D eigenvalue weighted by Gasteiger charge is 2.38. The van der Waals surface area contributed by atoms with Crippen molar-refractivity contribution in [2.75, 3.05) is 0 Å². The largest absolute Gasteiger partial charge is 0.270 e. The molecule has 3 heteroatoms. The van der Waals surface area contributed by atoms with E-state index in [-0.39, 0.29) is 0 Å². The Morgan fingerprint density at radius 2 is 2.07 bits per heavy atom. The van der Waals surface area contributed by atoms with Crippen LogP contribution in [0.1, 0.15) is 35.9 Å². The molecule has 1 aromatic rings. The topological polar surface area (TPSA) is 17.2 Å². The van der Waals surface area contributed by atoms with Crippen LogP contribution in [0.5, 0.6) is 0 Å². The number of aryl methyl sites for hydroxylation is 2. The molecule has 0 fully saturated rings. The monoisotopic (exact) mass is 204 g/mol. The van der Waals surface area contributed by atoms with Crippen molar-refractivity contribution < 1.29 is 4.39 Å². The van der Waals surface area contributed by atoms with Crippen LogP contribution in [-0.4, -0.2) is 4.98 Å². The summed E-state index contributed by atoms with van der Waals surface area (Å²) in [5.74, 6) is 0. The summed E-state index contributed by atoms with van der Waals surface area (Å²) in [6.07, 6.45) is 1.13. The highest BCUT2D eigenvalue weighted by molar-refractivity contribution is 5.62. The fourth-order valence-corrected chi connectivity index (χ4v) is 2.48. The van der Waals surface area contributed by atoms with Gasteiger partial charge in [-0.3, -0.25) is 4.98 Å². The zero-order chi connectivity index (χ0) is 11.2. The third-order valence-corrected chi connectivity index (χ3v) is 3.11. The fourth-order valence-electron chi connectivity index (χ4n) is 2.48. The lowest BCUT2D eigenvalue weighted by Gasteiger charge is -2.17. The van der Waals surface area contributed by atoms with Crippen molar-refractivity contribution in [3.05, 3.63) is 33.9 Å². The molecule has 2 rings (SSSR count). The maximum absolute atomic E-state index is 14.2. The molecule has 1 aromatic heterocycles. The zero-order valence-electron chi connectivity index (χ0n) is 9.19. The number of hydrogen-bond acceptors (Lipinski definition) is 1. The summed E-state index contributed by atoms with van der Waals surface area (Å²) in [5, 5.41) is 0. The second kappa shape index (κ2) is 3.03.